The summed E-state index contributed by atoms with van der Waals surface area (Å²) in [6, 6.07) is 72.5. The quantitative estimate of drug-likeness (QED) is 0.143. The summed E-state index contributed by atoms with van der Waals surface area (Å²) in [7, 11) is 0. The van der Waals surface area contributed by atoms with Crippen molar-refractivity contribution in [3.8, 4) is 124 Å². The van der Waals surface area contributed by atoms with Gasteiger partial charge in [0.1, 0.15) is 0 Å². The molecule has 0 unspecified atom stereocenters. The van der Waals surface area contributed by atoms with E-state index in [1.807, 2.05) is 91.3 Å². The zero-order valence-electron chi connectivity index (χ0n) is 36.6. The maximum atomic E-state index is 6.81. The molecule has 7 heteroatoms. The minimum Gasteiger partial charge on any atom is -0.449 e. The predicted octanol–water partition coefficient (Wildman–Crippen LogP) is 15.6. The van der Waals surface area contributed by atoms with Crippen LogP contribution in [-0.4, -0.2) is 24.9 Å². The number of para-hydroxylation sites is 2. The number of nitrogens with zero attached hydrogens (tertiary/aromatic N) is 5. The smallest absolute Gasteiger partial charge is 0.181 e. The van der Waals surface area contributed by atoms with E-state index >= 15 is 0 Å². The Labute approximate surface area is 393 Å². The van der Waals surface area contributed by atoms with E-state index in [9.17, 15) is 0 Å². The SMILES string of the molecule is c1ccc(-c2ccc(-c3nc(-c4ccc(-c5ccccc5)cc4)nc(-c4ccc(-c5ccc(-c6cc(-c7cccnc7)cc(-c7cccnc7)c6)cc5)c5c4Oc4ccccc4O5)n3)cc2)cc1. The fourth-order valence-electron chi connectivity index (χ4n) is 8.68. The summed E-state index contributed by atoms with van der Waals surface area (Å²) in [5, 5.41) is 0. The molecule has 1 aliphatic heterocycles. The first-order valence-corrected chi connectivity index (χ1v) is 22.4. The van der Waals surface area contributed by atoms with Crippen LogP contribution in [0.2, 0.25) is 0 Å². The van der Waals surface area contributed by atoms with Crippen LogP contribution in [0.1, 0.15) is 0 Å². The van der Waals surface area contributed by atoms with Gasteiger partial charge in [0.2, 0.25) is 0 Å². The molecule has 0 aliphatic carbocycles. The zero-order valence-corrected chi connectivity index (χ0v) is 36.6. The molecule has 0 spiro atoms. The van der Waals surface area contributed by atoms with Crippen molar-refractivity contribution in [2.75, 3.05) is 0 Å². The van der Waals surface area contributed by atoms with E-state index in [0.29, 0.717) is 46.0 Å². The Hall–Kier alpha value is -9.33. The standard InChI is InChI=1S/C61H39N5O2/c1-3-11-40(12-4-1)42-21-27-46(28-22-42)59-64-60(47-29-23-43(24-30-47)41-13-5-2-6-14-41)66-61(65-59)54-32-31-53(57-58(54)68-56-18-8-7-17-55(56)67-57)45-25-19-44(20-26-45)50-35-51(48-15-9-33-62-38-48)37-52(36-50)49-16-10-34-63-39-49/h1-39H. The lowest BCUT2D eigenvalue weighted by Gasteiger charge is -2.25. The third-order valence-corrected chi connectivity index (χ3v) is 12.2. The van der Waals surface area contributed by atoms with Crippen LogP contribution in [-0.2, 0) is 0 Å². The summed E-state index contributed by atoms with van der Waals surface area (Å²) < 4.78 is 13.6. The second-order valence-electron chi connectivity index (χ2n) is 16.5. The van der Waals surface area contributed by atoms with Crippen molar-refractivity contribution in [1.82, 2.24) is 24.9 Å². The van der Waals surface area contributed by atoms with Gasteiger partial charge in [0.15, 0.2) is 40.5 Å². The highest BCUT2D eigenvalue weighted by Crippen LogP contribution is 2.53. The van der Waals surface area contributed by atoms with Crippen molar-refractivity contribution < 1.29 is 9.47 Å². The highest BCUT2D eigenvalue weighted by atomic mass is 16.6. The monoisotopic (exact) mass is 873 g/mol. The molecule has 1 aliphatic rings. The summed E-state index contributed by atoms with van der Waals surface area (Å²) in [5.74, 6) is 3.88. The summed E-state index contributed by atoms with van der Waals surface area (Å²) in [5.41, 5.74) is 15.1. The van der Waals surface area contributed by atoms with Crippen molar-refractivity contribution in [3.63, 3.8) is 0 Å². The van der Waals surface area contributed by atoms with E-state index in [2.05, 4.69) is 143 Å². The number of rotatable bonds is 9. The number of fused-ring (bicyclic) bond motifs is 2. The second-order valence-corrected chi connectivity index (χ2v) is 16.5. The lowest BCUT2D eigenvalue weighted by molar-refractivity contribution is 0.362. The molecular formula is C61H39N5O2. The second kappa shape index (κ2) is 17.6. The molecule has 0 atom stereocenters. The van der Waals surface area contributed by atoms with Gasteiger partial charge in [-0.15, -0.1) is 0 Å². The Morgan fingerprint density at radius 1 is 0.250 bits per heavy atom. The van der Waals surface area contributed by atoms with Crippen LogP contribution >= 0.6 is 0 Å². The molecular weight excluding hydrogens is 835 g/mol. The topological polar surface area (TPSA) is 82.9 Å². The number of hydrogen-bond donors (Lipinski definition) is 0. The molecule has 0 saturated heterocycles. The lowest BCUT2D eigenvalue weighted by Crippen LogP contribution is -2.05. The average Bonchev–Trinajstić information content (AvgIpc) is 3.43. The van der Waals surface area contributed by atoms with Crippen molar-refractivity contribution in [2.45, 2.75) is 0 Å². The Bertz CT molecular complexity index is 3410. The van der Waals surface area contributed by atoms with Crippen LogP contribution in [0.15, 0.2) is 237 Å². The van der Waals surface area contributed by atoms with Crippen LogP contribution in [0.25, 0.3) is 101 Å². The first kappa shape index (κ1) is 40.2. The number of hydrogen-bond acceptors (Lipinski definition) is 7. The minimum atomic E-state index is 0.461. The molecule has 12 rings (SSSR count). The average molecular weight is 874 g/mol. The van der Waals surface area contributed by atoms with Crippen molar-refractivity contribution in [3.05, 3.63) is 237 Å². The van der Waals surface area contributed by atoms with Crippen LogP contribution in [0, 0.1) is 0 Å². The molecule has 0 fully saturated rings. The van der Waals surface area contributed by atoms with Crippen molar-refractivity contribution in [1.29, 1.82) is 0 Å². The summed E-state index contributed by atoms with van der Waals surface area (Å²) in [6.07, 6.45) is 7.38. The van der Waals surface area contributed by atoms with Crippen molar-refractivity contribution in [2.24, 2.45) is 0 Å². The molecule has 8 aromatic carbocycles. The van der Waals surface area contributed by atoms with Gasteiger partial charge in [0, 0.05) is 52.6 Å². The summed E-state index contributed by atoms with van der Waals surface area (Å²) in [6.45, 7) is 0. The van der Waals surface area contributed by atoms with E-state index in [-0.39, 0.29) is 0 Å². The Balaban J connectivity index is 0.962. The van der Waals surface area contributed by atoms with E-state index in [1.54, 1.807) is 12.4 Å². The third kappa shape index (κ3) is 7.95. The molecule has 0 bridgehead atoms. The number of ether oxygens (including phenoxy) is 2. The first-order valence-electron chi connectivity index (χ1n) is 22.4. The number of pyridine rings is 2. The number of aromatic nitrogens is 5. The largest absolute Gasteiger partial charge is 0.449 e. The Kier molecular flexibility index (Phi) is 10.4. The maximum absolute atomic E-state index is 6.81. The number of benzene rings is 8. The van der Waals surface area contributed by atoms with E-state index in [4.69, 9.17) is 24.4 Å². The molecule has 11 aromatic rings. The minimum absolute atomic E-state index is 0.461. The van der Waals surface area contributed by atoms with Gasteiger partial charge in [-0.25, -0.2) is 15.0 Å². The van der Waals surface area contributed by atoms with E-state index < -0.39 is 0 Å². The van der Waals surface area contributed by atoms with Crippen LogP contribution < -0.4 is 9.47 Å². The van der Waals surface area contributed by atoms with Gasteiger partial charge >= 0.3 is 0 Å². The van der Waals surface area contributed by atoms with Gasteiger partial charge in [0.05, 0.1) is 5.56 Å². The normalized spacial score (nSPS) is 11.5. The molecule has 0 N–H and O–H groups in total. The molecule has 0 amide bonds. The molecule has 0 saturated carbocycles. The maximum Gasteiger partial charge on any atom is 0.181 e. The van der Waals surface area contributed by atoms with E-state index in [1.165, 1.54) is 0 Å². The lowest BCUT2D eigenvalue weighted by atomic mass is 9.93. The summed E-state index contributed by atoms with van der Waals surface area (Å²) >= 11 is 0. The van der Waals surface area contributed by atoms with Crippen LogP contribution in [0.3, 0.4) is 0 Å². The van der Waals surface area contributed by atoms with Crippen molar-refractivity contribution >= 4 is 0 Å². The van der Waals surface area contributed by atoms with Gasteiger partial charge in [0.25, 0.3) is 0 Å². The molecule has 0 radical (unpaired) electrons. The Morgan fingerprint density at radius 2 is 0.603 bits per heavy atom. The van der Waals surface area contributed by atoms with E-state index in [0.717, 1.165) is 77.9 Å². The van der Waals surface area contributed by atoms with Crippen LogP contribution in [0.4, 0.5) is 0 Å². The fraction of sp³-hybridized carbons (Fsp3) is 0. The highest BCUT2D eigenvalue weighted by molar-refractivity contribution is 5.86. The van der Waals surface area contributed by atoms with Crippen LogP contribution in [0.5, 0.6) is 23.0 Å². The highest BCUT2D eigenvalue weighted by Gasteiger charge is 2.28. The fourth-order valence-corrected chi connectivity index (χ4v) is 8.68. The van der Waals surface area contributed by atoms with Gasteiger partial charge in [-0.3, -0.25) is 9.97 Å². The van der Waals surface area contributed by atoms with Gasteiger partial charge < -0.3 is 9.47 Å². The summed E-state index contributed by atoms with van der Waals surface area (Å²) in [4.78, 5) is 24.2. The molecule has 320 valence electrons. The molecule has 4 heterocycles. The molecule has 68 heavy (non-hydrogen) atoms. The third-order valence-electron chi connectivity index (χ3n) is 12.2. The first-order chi connectivity index (χ1) is 33.7. The Morgan fingerprint density at radius 3 is 1.07 bits per heavy atom. The van der Waals surface area contributed by atoms with Gasteiger partial charge in [-0.1, -0.05) is 158 Å². The van der Waals surface area contributed by atoms with Gasteiger partial charge in [-0.05, 0) is 105 Å². The molecule has 3 aromatic heterocycles. The van der Waals surface area contributed by atoms with Gasteiger partial charge in [-0.2, -0.15) is 0 Å². The molecule has 7 nitrogen and oxygen atoms in total. The zero-order chi connectivity index (χ0) is 45.2. The predicted molar refractivity (Wildman–Crippen MR) is 271 cm³/mol.